The van der Waals surface area contributed by atoms with Gasteiger partial charge in [-0.3, -0.25) is 0 Å². The molecule has 0 aliphatic carbocycles. The van der Waals surface area contributed by atoms with Crippen LogP contribution in [0.15, 0.2) is 0 Å². The summed E-state index contributed by atoms with van der Waals surface area (Å²) in [5.74, 6) is 8.72. The van der Waals surface area contributed by atoms with Crippen molar-refractivity contribution in [2.75, 3.05) is 39.6 Å². The first kappa shape index (κ1) is 15.7. The van der Waals surface area contributed by atoms with E-state index >= 15 is 0 Å². The van der Waals surface area contributed by atoms with Crippen molar-refractivity contribution >= 4 is 20.1 Å². The molecule has 96 valence electrons. The van der Waals surface area contributed by atoms with Crippen LogP contribution in [0.3, 0.4) is 0 Å². The van der Waals surface area contributed by atoms with Gasteiger partial charge in [0, 0.05) is 5.08 Å². The molecule has 0 fully saturated rings. The van der Waals surface area contributed by atoms with E-state index in [1.54, 1.807) is 5.08 Å². The highest BCUT2D eigenvalue weighted by molar-refractivity contribution is 8.48. The highest BCUT2D eigenvalue weighted by atomic mass is 32.3. The fraction of sp³-hybridized carbons (Fsp3) is 1.00. The molecule has 2 heteroatoms. The van der Waals surface area contributed by atoms with Crippen molar-refractivity contribution < 1.29 is 0 Å². The van der Waals surface area contributed by atoms with Crippen LogP contribution in [0.2, 0.25) is 0 Å². The molecule has 0 nitrogen and oxygen atoms in total. The molecule has 0 radical (unpaired) electrons. The molecule has 0 aliphatic heterocycles. The highest BCUT2D eigenvalue weighted by Crippen LogP contribution is 2.61. The fourth-order valence-electron chi connectivity index (χ4n) is 2.26. The minimum Gasteiger partial charge on any atom is -0.234 e. The van der Waals surface area contributed by atoms with Crippen LogP contribution in [0.25, 0.3) is 0 Å². The molecule has 0 amide bonds. The maximum Gasteiger partial charge on any atom is 0.00771 e. The van der Waals surface area contributed by atoms with Gasteiger partial charge in [0.1, 0.15) is 0 Å². The Balaban J connectivity index is 4.74. The number of rotatable bonds is 8. The van der Waals surface area contributed by atoms with Crippen molar-refractivity contribution in [3.05, 3.63) is 0 Å². The van der Waals surface area contributed by atoms with Gasteiger partial charge in [0.25, 0.3) is 0 Å². The monoisotopic (exact) mass is 252 g/mol. The molecule has 0 saturated heterocycles. The van der Waals surface area contributed by atoms with E-state index in [2.05, 4.69) is 41.5 Å². The summed E-state index contributed by atoms with van der Waals surface area (Å²) >= 11 is 0. The Morgan fingerprint density at radius 2 is 0.667 bits per heavy atom. The quantitative estimate of drug-likeness (QED) is 0.589. The van der Waals surface area contributed by atoms with Crippen LogP contribution < -0.4 is 0 Å². The highest BCUT2D eigenvalue weighted by Gasteiger charge is 2.27. The van der Waals surface area contributed by atoms with Crippen LogP contribution in [-0.2, 0) is 0 Å². The summed E-state index contributed by atoms with van der Waals surface area (Å²) in [5, 5.41) is 1.60. The average Bonchev–Trinajstić information content (AvgIpc) is 2.33. The van der Waals surface area contributed by atoms with E-state index < -0.39 is 0 Å². The number of hydrogen-bond acceptors (Lipinski definition) is 0. The summed E-state index contributed by atoms with van der Waals surface area (Å²) in [6.45, 7) is 14.5. The molecule has 0 rings (SSSR count). The van der Waals surface area contributed by atoms with E-state index in [1.807, 2.05) is 0 Å². The van der Waals surface area contributed by atoms with Crippen LogP contribution in [0.1, 0.15) is 41.5 Å². The second-order valence-corrected chi connectivity index (χ2v) is 13.6. The normalized spacial score (nSPS) is 15.3. The first-order chi connectivity index (χ1) is 7.07. The Hall–Kier alpha value is 0.700. The van der Waals surface area contributed by atoms with E-state index in [1.165, 1.54) is 34.5 Å². The molecule has 0 bridgehead atoms. The molecule has 0 N–H and O–H groups in total. The Morgan fingerprint density at radius 1 is 0.467 bits per heavy atom. The van der Waals surface area contributed by atoms with E-state index in [0.717, 1.165) is 0 Å². The molecule has 0 aromatic heterocycles. The van der Waals surface area contributed by atoms with Gasteiger partial charge in [0.15, 0.2) is 0 Å². The maximum absolute atomic E-state index is 2.42. The van der Waals surface area contributed by atoms with Gasteiger partial charge in [-0.1, -0.05) is 41.5 Å². The Morgan fingerprint density at radius 3 is 0.800 bits per heavy atom. The van der Waals surface area contributed by atoms with Crippen LogP contribution >= 0.6 is 20.1 Å². The Bertz CT molecular complexity index is 123. The summed E-state index contributed by atoms with van der Waals surface area (Å²) < 4.78 is 0. The standard InChI is InChI=1S/C13H32S2/c1-7-14(8-2,9-3)13-15(10-4,11-5)12-6/h7-13H2,1-6H3. The predicted octanol–water partition coefficient (Wildman–Crippen LogP) is 4.67. The lowest BCUT2D eigenvalue weighted by atomic mass is 10.9. The first-order valence-corrected chi connectivity index (χ1v) is 11.2. The third-order valence-electron chi connectivity index (χ3n) is 4.17. The van der Waals surface area contributed by atoms with Gasteiger partial charge in [-0.2, -0.15) is 0 Å². The van der Waals surface area contributed by atoms with Crippen molar-refractivity contribution in [3.63, 3.8) is 0 Å². The zero-order chi connectivity index (χ0) is 11.9. The summed E-state index contributed by atoms with van der Waals surface area (Å²) in [6.07, 6.45) is 0. The van der Waals surface area contributed by atoms with Crippen LogP contribution in [0.4, 0.5) is 0 Å². The summed E-state index contributed by atoms with van der Waals surface area (Å²) in [7, 11) is -0.534. The van der Waals surface area contributed by atoms with Crippen LogP contribution in [0.5, 0.6) is 0 Å². The molecule has 0 aromatic carbocycles. The molecule has 0 unspecified atom stereocenters. The van der Waals surface area contributed by atoms with E-state index in [0.29, 0.717) is 0 Å². The summed E-state index contributed by atoms with van der Waals surface area (Å²) in [5.41, 5.74) is 0. The molecule has 0 spiro atoms. The second kappa shape index (κ2) is 7.11. The van der Waals surface area contributed by atoms with Gasteiger partial charge < -0.3 is 0 Å². The Kier molecular flexibility index (Phi) is 7.44. The SMILES string of the molecule is CCS(CC)(CC)CS(CC)(CC)CC. The third-order valence-corrected chi connectivity index (χ3v) is 15.5. The second-order valence-electron chi connectivity index (χ2n) is 4.30. The molecular weight excluding hydrogens is 220 g/mol. The van der Waals surface area contributed by atoms with Crippen molar-refractivity contribution in [2.45, 2.75) is 41.5 Å². The van der Waals surface area contributed by atoms with Gasteiger partial charge in [-0.25, -0.2) is 20.1 Å². The molecule has 0 aromatic rings. The predicted molar refractivity (Wildman–Crippen MR) is 83.3 cm³/mol. The molecular formula is C13H32S2. The largest absolute Gasteiger partial charge is 0.234 e. The minimum absolute atomic E-state index is 0.267. The van der Waals surface area contributed by atoms with Crippen molar-refractivity contribution in [1.82, 2.24) is 0 Å². The van der Waals surface area contributed by atoms with Gasteiger partial charge in [0.05, 0.1) is 0 Å². The Labute approximate surface area is 101 Å². The van der Waals surface area contributed by atoms with E-state index in [4.69, 9.17) is 0 Å². The summed E-state index contributed by atoms with van der Waals surface area (Å²) in [4.78, 5) is 0. The molecule has 0 saturated carbocycles. The van der Waals surface area contributed by atoms with Gasteiger partial charge in [-0.15, -0.1) is 0 Å². The average molecular weight is 253 g/mol. The molecule has 15 heavy (non-hydrogen) atoms. The lowest BCUT2D eigenvalue weighted by Gasteiger charge is -2.49. The van der Waals surface area contributed by atoms with Gasteiger partial charge >= 0.3 is 0 Å². The van der Waals surface area contributed by atoms with Crippen LogP contribution in [-0.4, -0.2) is 39.6 Å². The lowest BCUT2D eigenvalue weighted by molar-refractivity contribution is 1.31. The lowest BCUT2D eigenvalue weighted by Crippen LogP contribution is -2.22. The molecule has 0 aliphatic rings. The van der Waals surface area contributed by atoms with Gasteiger partial charge in [0.2, 0.25) is 0 Å². The molecule has 0 atom stereocenters. The van der Waals surface area contributed by atoms with Crippen molar-refractivity contribution in [2.24, 2.45) is 0 Å². The van der Waals surface area contributed by atoms with Crippen molar-refractivity contribution in [1.29, 1.82) is 0 Å². The smallest absolute Gasteiger partial charge is 0.00771 e. The summed E-state index contributed by atoms with van der Waals surface area (Å²) in [6, 6.07) is 0. The molecule has 0 heterocycles. The zero-order valence-electron chi connectivity index (χ0n) is 11.8. The van der Waals surface area contributed by atoms with Gasteiger partial charge in [-0.05, 0) is 34.5 Å². The van der Waals surface area contributed by atoms with Crippen molar-refractivity contribution in [3.8, 4) is 0 Å². The topological polar surface area (TPSA) is 0 Å². The number of hydrogen-bond donors (Lipinski definition) is 0. The zero-order valence-corrected chi connectivity index (χ0v) is 13.4. The third kappa shape index (κ3) is 3.89. The van der Waals surface area contributed by atoms with E-state index in [9.17, 15) is 0 Å². The minimum atomic E-state index is -0.267. The van der Waals surface area contributed by atoms with Crippen LogP contribution in [0, 0.1) is 0 Å². The maximum atomic E-state index is 2.42. The fourth-order valence-corrected chi connectivity index (χ4v) is 12.9. The first-order valence-electron chi connectivity index (χ1n) is 6.55. The van der Waals surface area contributed by atoms with E-state index in [-0.39, 0.29) is 20.1 Å².